The van der Waals surface area contributed by atoms with Crippen LogP contribution in [0.4, 0.5) is 10.5 Å². The summed E-state index contributed by atoms with van der Waals surface area (Å²) in [4.78, 5) is 22.8. The van der Waals surface area contributed by atoms with Crippen molar-refractivity contribution in [3.05, 3.63) is 28.8 Å². The van der Waals surface area contributed by atoms with Crippen molar-refractivity contribution in [2.24, 2.45) is 0 Å². The molecule has 1 atom stereocenters. The van der Waals surface area contributed by atoms with E-state index in [1.165, 1.54) is 7.11 Å². The Labute approximate surface area is 117 Å². The van der Waals surface area contributed by atoms with Gasteiger partial charge in [-0.15, -0.1) is 0 Å². The molecule has 1 aromatic carbocycles. The van der Waals surface area contributed by atoms with E-state index in [9.17, 15) is 9.59 Å². The Morgan fingerprint density at radius 3 is 2.68 bits per heavy atom. The second kappa shape index (κ2) is 6.99. The molecular weight excluding hydrogens is 268 g/mol. The summed E-state index contributed by atoms with van der Waals surface area (Å²) in [5.41, 5.74) is 1.54. The lowest BCUT2D eigenvalue weighted by molar-refractivity contribution is -0.141. The molecule has 104 valence electrons. The Morgan fingerprint density at radius 1 is 1.42 bits per heavy atom. The molecule has 6 heteroatoms. The summed E-state index contributed by atoms with van der Waals surface area (Å²) in [5, 5.41) is 5.96. The highest BCUT2D eigenvalue weighted by Gasteiger charge is 2.12. The zero-order valence-corrected chi connectivity index (χ0v) is 11.9. The monoisotopic (exact) mass is 284 g/mol. The molecule has 1 aromatic rings. The van der Waals surface area contributed by atoms with Crippen molar-refractivity contribution in [2.75, 3.05) is 12.4 Å². The van der Waals surface area contributed by atoms with Gasteiger partial charge in [0, 0.05) is 16.8 Å². The minimum Gasteiger partial charge on any atom is -0.469 e. The molecular formula is C13H17ClN2O3. The molecule has 0 radical (unpaired) electrons. The number of halogens is 1. The molecule has 0 saturated carbocycles. The lowest BCUT2D eigenvalue weighted by Gasteiger charge is -2.14. The molecule has 2 amide bonds. The fraction of sp³-hybridized carbons (Fsp3) is 0.385. The Balaban J connectivity index is 2.53. The van der Waals surface area contributed by atoms with Gasteiger partial charge in [0.05, 0.1) is 13.5 Å². The first kappa shape index (κ1) is 15.3. The Morgan fingerprint density at radius 2 is 2.11 bits per heavy atom. The topological polar surface area (TPSA) is 67.4 Å². The van der Waals surface area contributed by atoms with E-state index in [1.807, 2.05) is 6.92 Å². The van der Waals surface area contributed by atoms with Crippen LogP contribution in [0.5, 0.6) is 0 Å². The Bertz CT molecular complexity index is 477. The van der Waals surface area contributed by atoms with Crippen LogP contribution in [0, 0.1) is 6.92 Å². The van der Waals surface area contributed by atoms with Gasteiger partial charge in [0.1, 0.15) is 0 Å². The highest BCUT2D eigenvalue weighted by molar-refractivity contribution is 6.30. The molecule has 2 N–H and O–H groups in total. The molecule has 0 unspecified atom stereocenters. The second-order valence-electron chi connectivity index (χ2n) is 4.24. The molecule has 0 aliphatic carbocycles. The molecule has 0 aliphatic rings. The number of carbonyl (C=O) groups excluding carboxylic acids is 2. The first-order chi connectivity index (χ1) is 8.92. The number of amides is 2. The number of urea groups is 1. The number of carbonyl (C=O) groups is 2. The van der Waals surface area contributed by atoms with Gasteiger partial charge in [0.2, 0.25) is 0 Å². The van der Waals surface area contributed by atoms with Crippen molar-refractivity contribution in [1.29, 1.82) is 0 Å². The third-order valence-corrected chi connectivity index (χ3v) is 2.75. The number of rotatable bonds is 4. The predicted molar refractivity (Wildman–Crippen MR) is 74.4 cm³/mol. The number of anilines is 1. The number of benzene rings is 1. The molecule has 0 heterocycles. The van der Waals surface area contributed by atoms with Gasteiger partial charge < -0.3 is 15.4 Å². The summed E-state index contributed by atoms with van der Waals surface area (Å²) in [6.45, 7) is 3.57. The van der Waals surface area contributed by atoms with Crippen molar-refractivity contribution in [1.82, 2.24) is 5.32 Å². The van der Waals surface area contributed by atoms with Gasteiger partial charge in [-0.1, -0.05) is 11.6 Å². The maximum Gasteiger partial charge on any atom is 0.319 e. The van der Waals surface area contributed by atoms with Crippen molar-refractivity contribution in [3.8, 4) is 0 Å². The number of esters is 1. The molecule has 0 saturated heterocycles. The van der Waals surface area contributed by atoms with Crippen LogP contribution in [-0.4, -0.2) is 25.2 Å². The van der Waals surface area contributed by atoms with E-state index in [-0.39, 0.29) is 24.5 Å². The van der Waals surface area contributed by atoms with Gasteiger partial charge in [0.15, 0.2) is 0 Å². The number of methoxy groups -OCH3 is 1. The van der Waals surface area contributed by atoms with Crippen molar-refractivity contribution in [2.45, 2.75) is 26.3 Å². The first-order valence-corrected chi connectivity index (χ1v) is 6.20. The third kappa shape index (κ3) is 5.18. The number of aryl methyl sites for hydroxylation is 1. The summed E-state index contributed by atoms with van der Waals surface area (Å²) >= 11 is 5.83. The van der Waals surface area contributed by atoms with E-state index in [0.717, 1.165) is 5.56 Å². The summed E-state index contributed by atoms with van der Waals surface area (Å²) in [7, 11) is 1.31. The van der Waals surface area contributed by atoms with Gasteiger partial charge >= 0.3 is 12.0 Å². The lowest BCUT2D eigenvalue weighted by Crippen LogP contribution is -2.37. The molecule has 0 bridgehead atoms. The molecule has 19 heavy (non-hydrogen) atoms. The van der Waals surface area contributed by atoms with E-state index in [0.29, 0.717) is 10.7 Å². The molecule has 0 aromatic heterocycles. The Hall–Kier alpha value is -1.75. The minimum atomic E-state index is -0.373. The second-order valence-corrected chi connectivity index (χ2v) is 4.68. The minimum absolute atomic E-state index is 0.128. The van der Waals surface area contributed by atoms with Crippen LogP contribution in [-0.2, 0) is 9.53 Å². The largest absolute Gasteiger partial charge is 0.469 e. The summed E-state index contributed by atoms with van der Waals surface area (Å²) in [6, 6.07) is 4.50. The van der Waals surface area contributed by atoms with Gasteiger partial charge in [-0.05, 0) is 37.6 Å². The SMILES string of the molecule is COC(=O)C[C@@H](C)NC(=O)Nc1ccc(Cl)cc1C. The molecule has 5 nitrogen and oxygen atoms in total. The van der Waals surface area contributed by atoms with Crippen LogP contribution in [0.3, 0.4) is 0 Å². The normalized spacial score (nSPS) is 11.6. The smallest absolute Gasteiger partial charge is 0.319 e. The number of nitrogens with one attached hydrogen (secondary N) is 2. The zero-order valence-electron chi connectivity index (χ0n) is 11.1. The van der Waals surface area contributed by atoms with Crippen molar-refractivity contribution in [3.63, 3.8) is 0 Å². The fourth-order valence-electron chi connectivity index (χ4n) is 1.53. The van der Waals surface area contributed by atoms with Gasteiger partial charge in [0.25, 0.3) is 0 Å². The van der Waals surface area contributed by atoms with Crippen LogP contribution in [0.2, 0.25) is 5.02 Å². The molecule has 0 aliphatic heterocycles. The quantitative estimate of drug-likeness (QED) is 0.836. The lowest BCUT2D eigenvalue weighted by atomic mass is 10.2. The van der Waals surface area contributed by atoms with Crippen molar-refractivity contribution < 1.29 is 14.3 Å². The van der Waals surface area contributed by atoms with Crippen LogP contribution in [0.15, 0.2) is 18.2 Å². The Kier molecular flexibility index (Phi) is 5.63. The number of hydrogen-bond donors (Lipinski definition) is 2. The first-order valence-electron chi connectivity index (χ1n) is 5.83. The standard InChI is InChI=1S/C13H17ClN2O3/c1-8-6-10(14)4-5-11(8)16-13(18)15-9(2)7-12(17)19-3/h4-6,9H,7H2,1-3H3,(H2,15,16,18)/t9-/m1/s1. The van der Waals surface area contributed by atoms with Crippen LogP contribution in [0.1, 0.15) is 18.9 Å². The average Bonchev–Trinajstić information content (AvgIpc) is 2.32. The van der Waals surface area contributed by atoms with Gasteiger partial charge in [-0.3, -0.25) is 4.79 Å². The fourth-order valence-corrected chi connectivity index (χ4v) is 1.76. The molecule has 0 spiro atoms. The van der Waals surface area contributed by atoms with Crippen LogP contribution >= 0.6 is 11.6 Å². The van der Waals surface area contributed by atoms with Gasteiger partial charge in [-0.2, -0.15) is 0 Å². The highest BCUT2D eigenvalue weighted by Crippen LogP contribution is 2.19. The van der Waals surface area contributed by atoms with E-state index in [2.05, 4.69) is 15.4 Å². The van der Waals surface area contributed by atoms with E-state index < -0.39 is 0 Å². The van der Waals surface area contributed by atoms with E-state index in [1.54, 1.807) is 25.1 Å². The average molecular weight is 285 g/mol. The number of hydrogen-bond acceptors (Lipinski definition) is 3. The maximum absolute atomic E-state index is 11.7. The third-order valence-electron chi connectivity index (χ3n) is 2.51. The van der Waals surface area contributed by atoms with E-state index in [4.69, 9.17) is 11.6 Å². The van der Waals surface area contributed by atoms with Gasteiger partial charge in [-0.25, -0.2) is 4.79 Å². The summed E-state index contributed by atoms with van der Waals surface area (Å²) in [5.74, 6) is -0.365. The molecule has 1 rings (SSSR count). The van der Waals surface area contributed by atoms with Crippen LogP contribution in [0.25, 0.3) is 0 Å². The summed E-state index contributed by atoms with van der Waals surface area (Å²) in [6.07, 6.45) is 0.128. The summed E-state index contributed by atoms with van der Waals surface area (Å²) < 4.78 is 4.53. The van der Waals surface area contributed by atoms with Crippen molar-refractivity contribution >= 4 is 29.3 Å². The van der Waals surface area contributed by atoms with E-state index >= 15 is 0 Å². The maximum atomic E-state index is 11.7. The predicted octanol–water partition coefficient (Wildman–Crippen LogP) is 2.72. The molecule has 0 fully saturated rings. The highest BCUT2D eigenvalue weighted by atomic mass is 35.5. The zero-order chi connectivity index (χ0) is 14.4. The van der Waals surface area contributed by atoms with Crippen LogP contribution < -0.4 is 10.6 Å². The number of ether oxygens (including phenoxy) is 1.